The summed E-state index contributed by atoms with van der Waals surface area (Å²) in [5.74, 6) is 0. The largest absolute Gasteiger partial charge is 0.307 e. The van der Waals surface area contributed by atoms with Gasteiger partial charge in [0.15, 0.2) is 0 Å². The maximum atomic E-state index is 2.52. The predicted octanol–water partition coefficient (Wildman–Crippen LogP) is 13.4. The van der Waals surface area contributed by atoms with Crippen molar-refractivity contribution in [1.82, 2.24) is 4.57 Å². The van der Waals surface area contributed by atoms with E-state index in [9.17, 15) is 0 Å². The van der Waals surface area contributed by atoms with Crippen LogP contribution in [0.15, 0.2) is 182 Å². The molecule has 0 saturated heterocycles. The molecular formula is C46H30N2S. The molecule has 10 aromatic rings. The molecule has 0 aliphatic rings. The fraction of sp³-hybridized carbons (Fsp3) is 0. The summed E-state index contributed by atoms with van der Waals surface area (Å²) >= 11 is 1.87. The molecule has 0 saturated carbocycles. The highest BCUT2D eigenvalue weighted by atomic mass is 32.1. The minimum absolute atomic E-state index is 1.13. The van der Waals surface area contributed by atoms with Gasteiger partial charge in [0.2, 0.25) is 0 Å². The van der Waals surface area contributed by atoms with Crippen molar-refractivity contribution >= 4 is 81.1 Å². The first-order valence-electron chi connectivity index (χ1n) is 16.7. The van der Waals surface area contributed by atoms with Crippen molar-refractivity contribution in [3.8, 4) is 16.8 Å². The van der Waals surface area contributed by atoms with Crippen LogP contribution in [-0.2, 0) is 0 Å². The fourth-order valence-corrected chi connectivity index (χ4v) is 8.78. The zero-order valence-corrected chi connectivity index (χ0v) is 27.4. The lowest BCUT2D eigenvalue weighted by atomic mass is 10.00. The predicted molar refractivity (Wildman–Crippen MR) is 211 cm³/mol. The van der Waals surface area contributed by atoms with Gasteiger partial charge in [0.25, 0.3) is 0 Å². The van der Waals surface area contributed by atoms with Gasteiger partial charge >= 0.3 is 0 Å². The Labute approximate surface area is 288 Å². The maximum absolute atomic E-state index is 2.52. The number of benzene rings is 8. The van der Waals surface area contributed by atoms with Gasteiger partial charge in [-0.15, -0.1) is 11.3 Å². The van der Waals surface area contributed by atoms with Crippen molar-refractivity contribution in [1.29, 1.82) is 0 Å². The van der Waals surface area contributed by atoms with Crippen molar-refractivity contribution in [3.63, 3.8) is 0 Å². The molecule has 230 valence electrons. The van der Waals surface area contributed by atoms with Crippen molar-refractivity contribution in [2.24, 2.45) is 0 Å². The molecule has 0 radical (unpaired) electrons. The van der Waals surface area contributed by atoms with Gasteiger partial charge in [-0.25, -0.2) is 0 Å². The third-order valence-corrected chi connectivity index (χ3v) is 10.9. The van der Waals surface area contributed by atoms with Crippen LogP contribution in [0.25, 0.3) is 69.6 Å². The third-order valence-electron chi connectivity index (χ3n) is 9.74. The van der Waals surface area contributed by atoms with Crippen LogP contribution in [0.4, 0.5) is 17.1 Å². The Morgan fingerprint density at radius 3 is 1.92 bits per heavy atom. The highest BCUT2D eigenvalue weighted by molar-refractivity contribution is 7.26. The van der Waals surface area contributed by atoms with Gasteiger partial charge in [-0.3, -0.25) is 0 Å². The second-order valence-corrected chi connectivity index (χ2v) is 13.6. The first-order valence-corrected chi connectivity index (χ1v) is 17.5. The van der Waals surface area contributed by atoms with Crippen LogP contribution in [0.5, 0.6) is 0 Å². The average Bonchev–Trinajstić information content (AvgIpc) is 3.71. The van der Waals surface area contributed by atoms with E-state index in [0.717, 1.165) is 17.1 Å². The monoisotopic (exact) mass is 642 g/mol. The van der Waals surface area contributed by atoms with Crippen LogP contribution >= 0.6 is 11.3 Å². The van der Waals surface area contributed by atoms with Gasteiger partial charge in [0.1, 0.15) is 0 Å². The summed E-state index contributed by atoms with van der Waals surface area (Å²) in [5, 5.41) is 7.55. The van der Waals surface area contributed by atoms with E-state index in [1.165, 1.54) is 69.6 Å². The standard InChI is InChI=1S/C46H30N2S/c1-3-15-31(16-4-1)35-21-9-11-24-39(35)48(41-26-14-28-43-45(41)38-29-32-17-7-8-18-33(32)30-44(38)49-43)42-27-13-23-37-36-22-10-12-25-40(36)47(46(37)42)34-19-5-2-6-20-34/h1-30H. The fourth-order valence-electron chi connectivity index (χ4n) is 7.63. The van der Waals surface area contributed by atoms with Gasteiger partial charge in [-0.2, -0.15) is 0 Å². The topological polar surface area (TPSA) is 8.17 Å². The first-order chi connectivity index (χ1) is 24.3. The van der Waals surface area contributed by atoms with E-state index in [-0.39, 0.29) is 0 Å². The smallest absolute Gasteiger partial charge is 0.0782 e. The summed E-state index contributed by atoms with van der Waals surface area (Å²) in [5.41, 5.74) is 9.32. The Hall–Kier alpha value is -6.16. The summed E-state index contributed by atoms with van der Waals surface area (Å²) in [7, 11) is 0. The van der Waals surface area contributed by atoms with Gasteiger partial charge < -0.3 is 9.47 Å². The Morgan fingerprint density at radius 2 is 1.06 bits per heavy atom. The second kappa shape index (κ2) is 11.2. The van der Waals surface area contributed by atoms with Crippen molar-refractivity contribution < 1.29 is 0 Å². The summed E-state index contributed by atoms with van der Waals surface area (Å²) < 4.78 is 5.02. The van der Waals surface area contributed by atoms with E-state index < -0.39 is 0 Å². The van der Waals surface area contributed by atoms with Crippen molar-refractivity contribution in [3.05, 3.63) is 182 Å². The SMILES string of the molecule is c1ccc(-c2ccccc2N(c2cccc3sc4cc5ccccc5cc4c23)c2cccc3c4ccccc4n(-c4ccccc4)c23)cc1. The van der Waals surface area contributed by atoms with Crippen LogP contribution < -0.4 is 4.90 Å². The molecule has 0 unspecified atom stereocenters. The molecule has 0 fully saturated rings. The average molecular weight is 643 g/mol. The van der Waals surface area contributed by atoms with Gasteiger partial charge in [0.05, 0.1) is 28.1 Å². The summed E-state index contributed by atoms with van der Waals surface area (Å²) in [6.45, 7) is 0. The maximum Gasteiger partial charge on any atom is 0.0782 e. The molecule has 2 aromatic heterocycles. The highest BCUT2D eigenvalue weighted by Gasteiger charge is 2.25. The normalized spacial score (nSPS) is 11.7. The van der Waals surface area contributed by atoms with E-state index >= 15 is 0 Å². The molecule has 0 aliphatic carbocycles. The highest BCUT2D eigenvalue weighted by Crippen LogP contribution is 2.50. The summed E-state index contributed by atoms with van der Waals surface area (Å²) in [6.07, 6.45) is 0. The van der Waals surface area contributed by atoms with Crippen LogP contribution in [0.3, 0.4) is 0 Å². The zero-order chi connectivity index (χ0) is 32.3. The van der Waals surface area contributed by atoms with Gasteiger partial charge in [0, 0.05) is 42.2 Å². The molecule has 0 aliphatic heterocycles. The Bertz CT molecular complexity index is 2830. The number of hydrogen-bond donors (Lipinski definition) is 0. The van der Waals surface area contributed by atoms with E-state index in [0.29, 0.717) is 0 Å². The number of rotatable bonds is 5. The van der Waals surface area contributed by atoms with Crippen LogP contribution in [0, 0.1) is 0 Å². The lowest BCUT2D eigenvalue weighted by Gasteiger charge is -2.30. The molecule has 0 spiro atoms. The Kier molecular flexibility index (Phi) is 6.39. The van der Waals surface area contributed by atoms with E-state index in [1.54, 1.807) is 0 Å². The molecule has 0 atom stereocenters. The van der Waals surface area contributed by atoms with Crippen molar-refractivity contribution in [2.75, 3.05) is 4.90 Å². The summed E-state index contributed by atoms with van der Waals surface area (Å²) in [4.78, 5) is 2.52. The quantitative estimate of drug-likeness (QED) is 0.181. The Balaban J connectivity index is 1.37. The molecule has 8 aromatic carbocycles. The number of fused-ring (bicyclic) bond motifs is 7. The van der Waals surface area contributed by atoms with Crippen LogP contribution in [-0.4, -0.2) is 4.57 Å². The number of nitrogens with zero attached hydrogens (tertiary/aromatic N) is 2. The number of aromatic nitrogens is 1. The lowest BCUT2D eigenvalue weighted by molar-refractivity contribution is 1.17. The van der Waals surface area contributed by atoms with E-state index in [4.69, 9.17) is 0 Å². The van der Waals surface area contributed by atoms with Crippen LogP contribution in [0.1, 0.15) is 0 Å². The van der Waals surface area contributed by atoms with Crippen LogP contribution in [0.2, 0.25) is 0 Å². The zero-order valence-electron chi connectivity index (χ0n) is 26.6. The number of thiophene rings is 1. The molecule has 49 heavy (non-hydrogen) atoms. The molecule has 0 bridgehead atoms. The molecular weight excluding hydrogens is 613 g/mol. The molecule has 10 rings (SSSR count). The molecule has 0 amide bonds. The van der Waals surface area contributed by atoms with E-state index in [1.807, 2.05) is 11.3 Å². The number of para-hydroxylation sites is 4. The summed E-state index contributed by atoms with van der Waals surface area (Å²) in [6, 6.07) is 66.2. The Morgan fingerprint density at radius 1 is 0.429 bits per heavy atom. The minimum Gasteiger partial charge on any atom is -0.307 e. The minimum atomic E-state index is 1.13. The molecule has 2 heterocycles. The van der Waals surface area contributed by atoms with Gasteiger partial charge in [-0.1, -0.05) is 127 Å². The first kappa shape index (κ1) is 27.9. The van der Waals surface area contributed by atoms with Gasteiger partial charge in [-0.05, 0) is 70.9 Å². The molecule has 2 nitrogen and oxygen atoms in total. The van der Waals surface area contributed by atoms with Crippen molar-refractivity contribution in [2.45, 2.75) is 0 Å². The molecule has 3 heteroatoms. The number of hydrogen-bond acceptors (Lipinski definition) is 2. The molecule has 0 N–H and O–H groups in total. The second-order valence-electron chi connectivity index (χ2n) is 12.5. The lowest BCUT2D eigenvalue weighted by Crippen LogP contribution is -2.13. The third kappa shape index (κ3) is 4.40. The number of anilines is 3. The van der Waals surface area contributed by atoms with E-state index in [2.05, 4.69) is 191 Å².